The Morgan fingerprint density at radius 2 is 1.96 bits per heavy atom. The Kier molecular flexibility index (Phi) is 5.73. The first-order chi connectivity index (χ1) is 12.9. The number of hydrogen-bond acceptors (Lipinski definition) is 3. The highest BCUT2D eigenvalue weighted by Gasteiger charge is 2.29. The number of hydrogen-bond donors (Lipinski definition) is 3. The lowest BCUT2D eigenvalue weighted by Gasteiger charge is -2.29. The van der Waals surface area contributed by atoms with Gasteiger partial charge in [0.1, 0.15) is 11.3 Å². The standard InChI is InChI=1S/C21H29N3O3/c1-12(2)18(19-13(3)16-9-4-5-10-17(16)27-19)24-21(26)23-15-8-6-7-14(11-15)20(22)25/h4-5,9-10,12,14-15,18H,6-8,11H2,1-3H3,(H2,22,25)(H2,23,24,26)/t14?,15?,18-/m0/s1. The van der Waals surface area contributed by atoms with E-state index in [4.69, 9.17) is 10.2 Å². The van der Waals surface area contributed by atoms with Gasteiger partial charge in [0.25, 0.3) is 0 Å². The molecule has 1 aliphatic carbocycles. The zero-order chi connectivity index (χ0) is 19.6. The summed E-state index contributed by atoms with van der Waals surface area (Å²) in [5.41, 5.74) is 7.31. The van der Waals surface area contributed by atoms with E-state index in [1.807, 2.05) is 31.2 Å². The van der Waals surface area contributed by atoms with Gasteiger partial charge in [-0.05, 0) is 38.2 Å². The van der Waals surface area contributed by atoms with Crippen LogP contribution in [0.4, 0.5) is 4.79 Å². The third-order valence-electron chi connectivity index (χ3n) is 5.53. The number of furan rings is 1. The smallest absolute Gasteiger partial charge is 0.315 e. The number of benzene rings is 1. The summed E-state index contributed by atoms with van der Waals surface area (Å²) in [6, 6.07) is 7.41. The first-order valence-corrected chi connectivity index (χ1v) is 9.71. The van der Waals surface area contributed by atoms with Crippen LogP contribution in [0.2, 0.25) is 0 Å². The van der Waals surface area contributed by atoms with Crippen molar-refractivity contribution in [3.05, 3.63) is 35.6 Å². The predicted molar refractivity (Wildman–Crippen MR) is 105 cm³/mol. The molecule has 3 amide bonds. The molecule has 1 aliphatic rings. The molecule has 2 unspecified atom stereocenters. The van der Waals surface area contributed by atoms with Crippen LogP contribution in [0.1, 0.15) is 56.9 Å². The molecule has 0 aliphatic heterocycles. The highest BCUT2D eigenvalue weighted by molar-refractivity contribution is 5.82. The van der Waals surface area contributed by atoms with Gasteiger partial charge in [-0.25, -0.2) is 4.79 Å². The topological polar surface area (TPSA) is 97.4 Å². The van der Waals surface area contributed by atoms with E-state index in [1.54, 1.807) is 0 Å². The lowest BCUT2D eigenvalue weighted by Crippen LogP contribution is -2.47. The van der Waals surface area contributed by atoms with E-state index in [-0.39, 0.29) is 35.9 Å². The number of aryl methyl sites for hydroxylation is 1. The molecule has 0 radical (unpaired) electrons. The predicted octanol–water partition coefficient (Wildman–Crippen LogP) is 3.78. The first kappa shape index (κ1) is 19.3. The van der Waals surface area contributed by atoms with Gasteiger partial charge in [-0.3, -0.25) is 4.79 Å². The molecule has 1 saturated carbocycles. The van der Waals surface area contributed by atoms with Crippen molar-refractivity contribution in [2.45, 2.75) is 58.5 Å². The number of primary amides is 1. The van der Waals surface area contributed by atoms with E-state index in [0.29, 0.717) is 6.42 Å². The quantitative estimate of drug-likeness (QED) is 0.746. The van der Waals surface area contributed by atoms with Crippen molar-refractivity contribution in [1.29, 1.82) is 0 Å². The monoisotopic (exact) mass is 371 g/mol. The van der Waals surface area contributed by atoms with Gasteiger partial charge in [0.2, 0.25) is 5.91 Å². The van der Waals surface area contributed by atoms with Crippen molar-refractivity contribution in [1.82, 2.24) is 10.6 Å². The second-order valence-electron chi connectivity index (χ2n) is 7.89. The van der Waals surface area contributed by atoms with Crippen LogP contribution in [0.25, 0.3) is 11.0 Å². The van der Waals surface area contributed by atoms with Crippen molar-refractivity contribution in [2.24, 2.45) is 17.6 Å². The van der Waals surface area contributed by atoms with Crippen LogP contribution in [0.3, 0.4) is 0 Å². The van der Waals surface area contributed by atoms with E-state index >= 15 is 0 Å². The van der Waals surface area contributed by atoms with E-state index < -0.39 is 0 Å². The SMILES string of the molecule is Cc1c([C@@H](NC(=O)NC2CCCC(C(N)=O)C2)C(C)C)oc2ccccc12. The molecule has 146 valence electrons. The minimum atomic E-state index is -0.278. The van der Waals surface area contributed by atoms with Crippen LogP contribution in [0.5, 0.6) is 0 Å². The molecular formula is C21H29N3O3. The molecule has 0 bridgehead atoms. The Bertz CT molecular complexity index is 827. The molecule has 1 aromatic carbocycles. The molecule has 27 heavy (non-hydrogen) atoms. The summed E-state index contributed by atoms with van der Waals surface area (Å²) in [4.78, 5) is 24.1. The number of nitrogens with one attached hydrogen (secondary N) is 2. The van der Waals surface area contributed by atoms with Crippen LogP contribution in [0.15, 0.2) is 28.7 Å². The highest BCUT2D eigenvalue weighted by atomic mass is 16.3. The maximum Gasteiger partial charge on any atom is 0.315 e. The molecule has 1 fully saturated rings. The number of carbonyl (C=O) groups is 2. The van der Waals surface area contributed by atoms with Crippen LogP contribution in [-0.4, -0.2) is 18.0 Å². The number of para-hydroxylation sites is 1. The summed E-state index contributed by atoms with van der Waals surface area (Å²) in [7, 11) is 0. The molecule has 1 aromatic heterocycles. The molecule has 0 saturated heterocycles. The summed E-state index contributed by atoms with van der Waals surface area (Å²) in [5.74, 6) is 0.530. The first-order valence-electron chi connectivity index (χ1n) is 9.71. The number of amides is 3. The van der Waals surface area contributed by atoms with Crippen LogP contribution >= 0.6 is 0 Å². The molecule has 6 heteroatoms. The summed E-state index contributed by atoms with van der Waals surface area (Å²) < 4.78 is 6.06. The number of rotatable bonds is 5. The Morgan fingerprint density at radius 3 is 2.63 bits per heavy atom. The lowest BCUT2D eigenvalue weighted by atomic mass is 9.85. The maximum absolute atomic E-state index is 12.6. The Morgan fingerprint density at radius 1 is 1.22 bits per heavy atom. The van der Waals surface area contributed by atoms with Crippen LogP contribution < -0.4 is 16.4 Å². The van der Waals surface area contributed by atoms with Gasteiger partial charge in [-0.2, -0.15) is 0 Å². The van der Waals surface area contributed by atoms with E-state index in [1.165, 1.54) is 0 Å². The number of fused-ring (bicyclic) bond motifs is 1. The third-order valence-corrected chi connectivity index (χ3v) is 5.53. The minimum Gasteiger partial charge on any atom is -0.459 e. The molecular weight excluding hydrogens is 342 g/mol. The third kappa shape index (κ3) is 4.26. The Hall–Kier alpha value is -2.50. The second kappa shape index (κ2) is 8.03. The number of urea groups is 1. The zero-order valence-corrected chi connectivity index (χ0v) is 16.2. The summed E-state index contributed by atoms with van der Waals surface area (Å²) in [6.07, 6.45) is 3.18. The fraction of sp³-hybridized carbons (Fsp3) is 0.524. The lowest BCUT2D eigenvalue weighted by molar-refractivity contribution is -0.122. The van der Waals surface area contributed by atoms with Crippen LogP contribution in [0, 0.1) is 18.8 Å². The normalized spacial score (nSPS) is 21.2. The van der Waals surface area contributed by atoms with Crippen molar-refractivity contribution >= 4 is 22.9 Å². The van der Waals surface area contributed by atoms with Crippen molar-refractivity contribution in [3.8, 4) is 0 Å². The van der Waals surface area contributed by atoms with Crippen LogP contribution in [-0.2, 0) is 4.79 Å². The Labute approximate surface area is 159 Å². The fourth-order valence-electron chi connectivity index (χ4n) is 3.97. The summed E-state index contributed by atoms with van der Waals surface area (Å²) in [6.45, 7) is 6.14. The van der Waals surface area contributed by atoms with Crippen molar-refractivity contribution in [2.75, 3.05) is 0 Å². The average molecular weight is 371 g/mol. The Balaban J connectivity index is 1.71. The molecule has 0 spiro atoms. The van der Waals surface area contributed by atoms with E-state index in [0.717, 1.165) is 41.6 Å². The van der Waals surface area contributed by atoms with Gasteiger partial charge >= 0.3 is 6.03 Å². The second-order valence-corrected chi connectivity index (χ2v) is 7.89. The molecule has 2 aromatic rings. The molecule has 6 nitrogen and oxygen atoms in total. The van der Waals surface area contributed by atoms with Gasteiger partial charge in [0.15, 0.2) is 0 Å². The van der Waals surface area contributed by atoms with E-state index in [9.17, 15) is 9.59 Å². The van der Waals surface area contributed by atoms with Gasteiger partial charge in [-0.15, -0.1) is 0 Å². The fourth-order valence-corrected chi connectivity index (χ4v) is 3.97. The number of carbonyl (C=O) groups excluding carboxylic acids is 2. The zero-order valence-electron chi connectivity index (χ0n) is 16.2. The van der Waals surface area contributed by atoms with Gasteiger partial charge in [0.05, 0.1) is 6.04 Å². The molecule has 3 rings (SSSR count). The molecule has 3 atom stereocenters. The largest absolute Gasteiger partial charge is 0.459 e. The van der Waals surface area contributed by atoms with Crippen molar-refractivity contribution in [3.63, 3.8) is 0 Å². The maximum atomic E-state index is 12.6. The highest BCUT2D eigenvalue weighted by Crippen LogP contribution is 2.32. The van der Waals surface area contributed by atoms with Gasteiger partial charge in [-0.1, -0.05) is 38.5 Å². The van der Waals surface area contributed by atoms with Gasteiger partial charge < -0.3 is 20.8 Å². The molecule has 1 heterocycles. The van der Waals surface area contributed by atoms with E-state index in [2.05, 4.69) is 24.5 Å². The number of nitrogens with two attached hydrogens (primary N) is 1. The average Bonchev–Trinajstić information content (AvgIpc) is 2.96. The molecule has 4 N–H and O–H groups in total. The summed E-state index contributed by atoms with van der Waals surface area (Å²) >= 11 is 0. The van der Waals surface area contributed by atoms with Gasteiger partial charge in [0, 0.05) is 22.9 Å². The summed E-state index contributed by atoms with van der Waals surface area (Å²) in [5, 5.41) is 7.15. The van der Waals surface area contributed by atoms with Crippen molar-refractivity contribution < 1.29 is 14.0 Å². The minimum absolute atomic E-state index is 0.0270.